The van der Waals surface area contributed by atoms with Gasteiger partial charge < -0.3 is 9.88 Å². The summed E-state index contributed by atoms with van der Waals surface area (Å²) in [5, 5.41) is 12.2. The molecule has 0 saturated carbocycles. The van der Waals surface area contributed by atoms with E-state index in [-0.39, 0.29) is 5.41 Å². The molecule has 0 amide bonds. The average molecular weight is 219 g/mol. The van der Waals surface area contributed by atoms with Gasteiger partial charge in [-0.05, 0) is 32.4 Å². The van der Waals surface area contributed by atoms with Crippen LogP contribution in [-0.4, -0.2) is 11.1 Å². The fourth-order valence-electron chi connectivity index (χ4n) is 1.61. The highest BCUT2D eigenvalue weighted by Crippen LogP contribution is 2.11. The predicted molar refractivity (Wildman–Crippen MR) is 65.8 cm³/mol. The summed E-state index contributed by atoms with van der Waals surface area (Å²) in [7, 11) is 0. The fourth-order valence-corrected chi connectivity index (χ4v) is 1.61. The first-order chi connectivity index (χ1) is 7.59. The molecular formula is C13H21N3. The van der Waals surface area contributed by atoms with Crippen molar-refractivity contribution < 1.29 is 0 Å². The third-order valence-corrected chi connectivity index (χ3v) is 2.56. The second-order valence-corrected chi connectivity index (χ2v) is 4.79. The number of aryl methyl sites for hydroxylation is 1. The van der Waals surface area contributed by atoms with Crippen LogP contribution in [0.2, 0.25) is 0 Å². The molecule has 0 aliphatic heterocycles. The first-order valence-corrected chi connectivity index (χ1v) is 5.85. The van der Waals surface area contributed by atoms with Gasteiger partial charge in [-0.2, -0.15) is 5.26 Å². The lowest BCUT2D eigenvalue weighted by Crippen LogP contribution is -2.28. The molecule has 3 nitrogen and oxygen atoms in total. The molecule has 1 rings (SSSR count). The molecule has 0 fully saturated rings. The van der Waals surface area contributed by atoms with Crippen molar-refractivity contribution in [3.63, 3.8) is 0 Å². The van der Waals surface area contributed by atoms with Crippen molar-refractivity contribution in [2.24, 2.45) is 5.41 Å². The molecule has 1 aromatic rings. The number of aromatic nitrogens is 1. The van der Waals surface area contributed by atoms with E-state index >= 15 is 0 Å². The molecule has 0 aliphatic rings. The van der Waals surface area contributed by atoms with Crippen LogP contribution in [0.25, 0.3) is 0 Å². The molecule has 0 atom stereocenters. The largest absolute Gasteiger partial charge is 0.350 e. The maximum Gasteiger partial charge on any atom is 0.0697 e. The Hall–Kier alpha value is -1.27. The van der Waals surface area contributed by atoms with Crippen molar-refractivity contribution in [1.29, 1.82) is 5.26 Å². The monoisotopic (exact) mass is 219 g/mol. The third-order valence-electron chi connectivity index (χ3n) is 2.56. The van der Waals surface area contributed by atoms with Gasteiger partial charge in [0.25, 0.3) is 0 Å². The van der Waals surface area contributed by atoms with E-state index in [9.17, 15) is 0 Å². The summed E-state index contributed by atoms with van der Waals surface area (Å²) in [6.45, 7) is 8.69. The molecule has 0 saturated heterocycles. The number of nitrogens with one attached hydrogen (secondary N) is 1. The van der Waals surface area contributed by atoms with Gasteiger partial charge in [0.15, 0.2) is 0 Å². The standard InChI is InChI=1S/C13H21N3/c1-4-7-16-8-5-6-12(16)9-15-11-13(2,3)10-14/h5-6,8,15H,4,7,9,11H2,1-3H3. The number of hydrogen-bond acceptors (Lipinski definition) is 2. The van der Waals surface area contributed by atoms with E-state index in [1.807, 2.05) is 13.8 Å². The molecular weight excluding hydrogens is 198 g/mol. The van der Waals surface area contributed by atoms with Crippen molar-refractivity contribution in [2.45, 2.75) is 40.3 Å². The zero-order valence-electron chi connectivity index (χ0n) is 10.5. The van der Waals surface area contributed by atoms with Crippen LogP contribution in [0, 0.1) is 16.7 Å². The van der Waals surface area contributed by atoms with Gasteiger partial charge in [0.1, 0.15) is 0 Å². The van der Waals surface area contributed by atoms with Crippen molar-refractivity contribution in [1.82, 2.24) is 9.88 Å². The van der Waals surface area contributed by atoms with Crippen molar-refractivity contribution in [2.75, 3.05) is 6.54 Å². The summed E-state index contributed by atoms with van der Waals surface area (Å²) < 4.78 is 2.26. The van der Waals surface area contributed by atoms with E-state index in [0.29, 0.717) is 0 Å². The molecule has 0 unspecified atom stereocenters. The summed E-state index contributed by atoms with van der Waals surface area (Å²) in [4.78, 5) is 0. The van der Waals surface area contributed by atoms with Gasteiger partial charge in [0, 0.05) is 31.5 Å². The van der Waals surface area contributed by atoms with Crippen LogP contribution in [0.1, 0.15) is 32.9 Å². The number of hydrogen-bond donors (Lipinski definition) is 1. The first kappa shape index (κ1) is 12.8. The number of nitriles is 1. The normalized spacial score (nSPS) is 11.4. The van der Waals surface area contributed by atoms with Crippen LogP contribution in [0.5, 0.6) is 0 Å². The van der Waals surface area contributed by atoms with E-state index in [4.69, 9.17) is 5.26 Å². The molecule has 1 aromatic heterocycles. The quantitative estimate of drug-likeness (QED) is 0.798. The second-order valence-electron chi connectivity index (χ2n) is 4.79. The summed E-state index contributed by atoms with van der Waals surface area (Å²) in [6, 6.07) is 6.49. The summed E-state index contributed by atoms with van der Waals surface area (Å²) in [5.74, 6) is 0. The highest BCUT2D eigenvalue weighted by atomic mass is 15.0. The average Bonchev–Trinajstić information content (AvgIpc) is 2.66. The molecule has 0 radical (unpaired) electrons. The van der Waals surface area contributed by atoms with E-state index in [1.54, 1.807) is 0 Å². The Kier molecular flexibility index (Phi) is 4.57. The third kappa shape index (κ3) is 3.71. The number of rotatable bonds is 6. The molecule has 3 heteroatoms. The Labute approximate surface area is 98.1 Å². The van der Waals surface area contributed by atoms with Gasteiger partial charge in [-0.25, -0.2) is 0 Å². The molecule has 0 aromatic carbocycles. The van der Waals surface area contributed by atoms with Crippen LogP contribution < -0.4 is 5.32 Å². The summed E-state index contributed by atoms with van der Waals surface area (Å²) in [5.41, 5.74) is 0.998. The molecule has 88 valence electrons. The minimum Gasteiger partial charge on any atom is -0.350 e. The Balaban J connectivity index is 2.43. The van der Waals surface area contributed by atoms with Crippen LogP contribution in [0.15, 0.2) is 18.3 Å². The summed E-state index contributed by atoms with van der Waals surface area (Å²) >= 11 is 0. The summed E-state index contributed by atoms with van der Waals surface area (Å²) in [6.07, 6.45) is 3.25. The lowest BCUT2D eigenvalue weighted by atomic mass is 9.96. The van der Waals surface area contributed by atoms with Gasteiger partial charge in [-0.15, -0.1) is 0 Å². The lowest BCUT2D eigenvalue weighted by molar-refractivity contribution is 0.439. The van der Waals surface area contributed by atoms with Crippen molar-refractivity contribution >= 4 is 0 Å². The number of nitrogens with zero attached hydrogens (tertiary/aromatic N) is 2. The van der Waals surface area contributed by atoms with Crippen molar-refractivity contribution in [3.8, 4) is 6.07 Å². The Morgan fingerprint density at radius 3 is 2.88 bits per heavy atom. The van der Waals surface area contributed by atoms with Crippen LogP contribution >= 0.6 is 0 Å². The minimum atomic E-state index is -0.290. The molecule has 0 bridgehead atoms. The van der Waals surface area contributed by atoms with E-state index in [1.165, 1.54) is 5.69 Å². The lowest BCUT2D eigenvalue weighted by Gasteiger charge is -2.16. The zero-order valence-corrected chi connectivity index (χ0v) is 10.5. The second kappa shape index (κ2) is 5.72. The highest BCUT2D eigenvalue weighted by molar-refractivity contribution is 5.07. The van der Waals surface area contributed by atoms with Gasteiger partial charge in [-0.1, -0.05) is 6.92 Å². The zero-order chi connectivity index (χ0) is 12.0. The van der Waals surface area contributed by atoms with Crippen LogP contribution in [0.4, 0.5) is 0 Å². The van der Waals surface area contributed by atoms with Gasteiger partial charge in [-0.3, -0.25) is 0 Å². The molecule has 1 N–H and O–H groups in total. The Morgan fingerprint density at radius 2 is 2.25 bits per heavy atom. The minimum absolute atomic E-state index is 0.290. The highest BCUT2D eigenvalue weighted by Gasteiger charge is 2.15. The molecule has 16 heavy (non-hydrogen) atoms. The maximum atomic E-state index is 8.89. The van der Waals surface area contributed by atoms with Crippen LogP contribution in [-0.2, 0) is 13.1 Å². The van der Waals surface area contributed by atoms with Gasteiger partial charge in [0.2, 0.25) is 0 Å². The topological polar surface area (TPSA) is 40.8 Å². The van der Waals surface area contributed by atoms with Gasteiger partial charge in [0.05, 0.1) is 11.5 Å². The van der Waals surface area contributed by atoms with Gasteiger partial charge >= 0.3 is 0 Å². The predicted octanol–water partition coefficient (Wildman–Crippen LogP) is 2.54. The maximum absolute atomic E-state index is 8.89. The van der Waals surface area contributed by atoms with E-state index in [2.05, 4.69) is 41.2 Å². The first-order valence-electron chi connectivity index (χ1n) is 5.85. The SMILES string of the molecule is CCCn1cccc1CNCC(C)(C)C#N. The molecule has 1 heterocycles. The smallest absolute Gasteiger partial charge is 0.0697 e. The Morgan fingerprint density at radius 1 is 1.50 bits per heavy atom. The fraction of sp³-hybridized carbons (Fsp3) is 0.615. The molecule has 0 aliphatic carbocycles. The van der Waals surface area contributed by atoms with Crippen LogP contribution in [0.3, 0.4) is 0 Å². The van der Waals surface area contributed by atoms with E-state index < -0.39 is 0 Å². The van der Waals surface area contributed by atoms with Crippen molar-refractivity contribution in [3.05, 3.63) is 24.0 Å². The Bertz CT molecular complexity index is 357. The molecule has 0 spiro atoms. The van der Waals surface area contributed by atoms with E-state index in [0.717, 1.165) is 26.1 Å².